The van der Waals surface area contributed by atoms with Crippen molar-refractivity contribution in [3.05, 3.63) is 53.9 Å². The number of aromatic amines is 1. The molecule has 2 aromatic carbocycles. The zero-order chi connectivity index (χ0) is 18.5. The van der Waals surface area contributed by atoms with Crippen LogP contribution in [0.1, 0.15) is 25.2 Å². The lowest BCUT2D eigenvalue weighted by atomic mass is 10.1. The molecule has 0 saturated heterocycles. The summed E-state index contributed by atoms with van der Waals surface area (Å²) in [4.78, 5) is 10.0. The number of ether oxygens (including phenoxy) is 1. The summed E-state index contributed by atoms with van der Waals surface area (Å²) in [7, 11) is 1.63. The van der Waals surface area contributed by atoms with Crippen LogP contribution in [0.25, 0.3) is 22.7 Å². The van der Waals surface area contributed by atoms with E-state index in [1.165, 1.54) is 5.69 Å². The average Bonchev–Trinajstić information content (AvgIpc) is 3.11. The molecule has 3 rings (SSSR count). The van der Waals surface area contributed by atoms with Gasteiger partial charge in [0, 0.05) is 24.8 Å². The normalized spacial score (nSPS) is 11.4. The second-order valence-electron chi connectivity index (χ2n) is 5.90. The number of benzene rings is 2. The van der Waals surface area contributed by atoms with Gasteiger partial charge in [-0.3, -0.25) is 0 Å². The van der Waals surface area contributed by atoms with Crippen LogP contribution in [0.2, 0.25) is 0 Å². The first-order chi connectivity index (χ1) is 12.7. The predicted molar refractivity (Wildman–Crippen MR) is 106 cm³/mol. The number of anilines is 1. The summed E-state index contributed by atoms with van der Waals surface area (Å²) < 4.78 is 5.23. The summed E-state index contributed by atoms with van der Waals surface area (Å²) in [5.41, 5.74) is 4.30. The molecule has 1 aromatic heterocycles. The first-order valence-electron chi connectivity index (χ1n) is 8.69. The Morgan fingerprint density at radius 3 is 2.54 bits per heavy atom. The standard InChI is InChI=1S/C21H22N4O/c1-4-25(5-2)17-8-6-15(7-9-17)12-16(14-22)21-23-19-11-10-18(26-3)13-20(19)24-21/h6-13H,4-5H2,1-3H3,(H,23,24)/b16-12+. The van der Waals surface area contributed by atoms with Gasteiger partial charge in [0.25, 0.3) is 0 Å². The lowest BCUT2D eigenvalue weighted by Gasteiger charge is -2.20. The Kier molecular flexibility index (Phi) is 5.23. The molecule has 0 amide bonds. The van der Waals surface area contributed by atoms with Crippen LogP contribution in [0, 0.1) is 11.3 Å². The zero-order valence-corrected chi connectivity index (χ0v) is 15.3. The number of fused-ring (bicyclic) bond motifs is 1. The highest BCUT2D eigenvalue weighted by atomic mass is 16.5. The van der Waals surface area contributed by atoms with E-state index in [2.05, 4.69) is 46.9 Å². The number of hydrogen-bond donors (Lipinski definition) is 1. The Labute approximate surface area is 153 Å². The molecule has 0 spiro atoms. The number of allylic oxidation sites excluding steroid dienone is 1. The minimum absolute atomic E-state index is 0.496. The van der Waals surface area contributed by atoms with E-state index in [1.54, 1.807) is 7.11 Å². The molecule has 3 aromatic rings. The molecule has 0 fully saturated rings. The second-order valence-corrected chi connectivity index (χ2v) is 5.90. The van der Waals surface area contributed by atoms with Crippen LogP contribution >= 0.6 is 0 Å². The Bertz CT molecular complexity index is 960. The highest BCUT2D eigenvalue weighted by Crippen LogP contribution is 2.23. The number of rotatable bonds is 6. The van der Waals surface area contributed by atoms with Crippen molar-refractivity contribution in [3.8, 4) is 11.8 Å². The van der Waals surface area contributed by atoms with Gasteiger partial charge in [-0.05, 0) is 49.8 Å². The number of nitriles is 1. The summed E-state index contributed by atoms with van der Waals surface area (Å²) in [5, 5.41) is 9.57. The molecule has 0 aliphatic carbocycles. The highest BCUT2D eigenvalue weighted by molar-refractivity contribution is 5.90. The van der Waals surface area contributed by atoms with Gasteiger partial charge in [-0.1, -0.05) is 12.1 Å². The molecular formula is C21H22N4O. The lowest BCUT2D eigenvalue weighted by molar-refractivity contribution is 0.415. The Morgan fingerprint density at radius 2 is 1.92 bits per heavy atom. The van der Waals surface area contributed by atoms with Crippen LogP contribution < -0.4 is 9.64 Å². The van der Waals surface area contributed by atoms with Gasteiger partial charge < -0.3 is 14.6 Å². The van der Waals surface area contributed by atoms with Crippen LogP contribution in [0.4, 0.5) is 5.69 Å². The third-order valence-corrected chi connectivity index (χ3v) is 4.40. The topological polar surface area (TPSA) is 64.9 Å². The van der Waals surface area contributed by atoms with Gasteiger partial charge in [0.2, 0.25) is 0 Å². The molecule has 5 nitrogen and oxygen atoms in total. The van der Waals surface area contributed by atoms with Crippen LogP contribution in [-0.2, 0) is 0 Å². The first kappa shape index (κ1) is 17.6. The minimum atomic E-state index is 0.496. The van der Waals surface area contributed by atoms with Crippen molar-refractivity contribution >= 4 is 28.4 Å². The number of nitrogens with one attached hydrogen (secondary N) is 1. The van der Waals surface area contributed by atoms with Gasteiger partial charge in [0.15, 0.2) is 0 Å². The van der Waals surface area contributed by atoms with E-state index >= 15 is 0 Å². The molecule has 26 heavy (non-hydrogen) atoms. The maximum absolute atomic E-state index is 9.57. The largest absolute Gasteiger partial charge is 0.497 e. The molecule has 0 bridgehead atoms. The fourth-order valence-electron chi connectivity index (χ4n) is 2.93. The van der Waals surface area contributed by atoms with Gasteiger partial charge in [0.05, 0.1) is 23.7 Å². The molecule has 0 aliphatic rings. The van der Waals surface area contributed by atoms with Gasteiger partial charge in [-0.2, -0.15) is 5.26 Å². The van der Waals surface area contributed by atoms with Crippen LogP contribution in [0.5, 0.6) is 5.75 Å². The van der Waals surface area contributed by atoms with E-state index in [9.17, 15) is 5.26 Å². The van der Waals surface area contributed by atoms with Crippen LogP contribution in [0.3, 0.4) is 0 Å². The summed E-state index contributed by atoms with van der Waals surface area (Å²) in [6.45, 7) is 6.22. The van der Waals surface area contributed by atoms with Gasteiger partial charge in [-0.15, -0.1) is 0 Å². The maximum atomic E-state index is 9.57. The zero-order valence-electron chi connectivity index (χ0n) is 15.3. The molecule has 0 saturated carbocycles. The smallest absolute Gasteiger partial charge is 0.149 e. The Hall–Kier alpha value is -3.26. The number of imidazole rings is 1. The molecule has 0 radical (unpaired) electrons. The molecule has 0 aliphatic heterocycles. The highest BCUT2D eigenvalue weighted by Gasteiger charge is 2.09. The molecular weight excluding hydrogens is 324 g/mol. The second kappa shape index (κ2) is 7.75. The fourth-order valence-corrected chi connectivity index (χ4v) is 2.93. The Balaban J connectivity index is 1.92. The van der Waals surface area contributed by atoms with Gasteiger partial charge >= 0.3 is 0 Å². The van der Waals surface area contributed by atoms with Crippen molar-refractivity contribution in [2.45, 2.75) is 13.8 Å². The monoisotopic (exact) mass is 346 g/mol. The first-order valence-corrected chi connectivity index (χ1v) is 8.69. The molecule has 0 unspecified atom stereocenters. The van der Waals surface area contributed by atoms with E-state index < -0.39 is 0 Å². The van der Waals surface area contributed by atoms with Crippen LogP contribution in [0.15, 0.2) is 42.5 Å². The van der Waals surface area contributed by atoms with Crippen molar-refractivity contribution in [2.24, 2.45) is 0 Å². The average molecular weight is 346 g/mol. The van der Waals surface area contributed by atoms with Crippen molar-refractivity contribution in [3.63, 3.8) is 0 Å². The van der Waals surface area contributed by atoms with E-state index in [-0.39, 0.29) is 0 Å². The van der Waals surface area contributed by atoms with E-state index in [4.69, 9.17) is 4.74 Å². The molecule has 5 heteroatoms. The summed E-state index contributed by atoms with van der Waals surface area (Å²) in [5.74, 6) is 1.31. The van der Waals surface area contributed by atoms with Crippen molar-refractivity contribution < 1.29 is 4.74 Å². The van der Waals surface area contributed by atoms with E-state index in [0.29, 0.717) is 11.4 Å². The minimum Gasteiger partial charge on any atom is -0.497 e. The van der Waals surface area contributed by atoms with Crippen molar-refractivity contribution in [2.75, 3.05) is 25.1 Å². The number of H-pyrrole nitrogens is 1. The number of aromatic nitrogens is 2. The number of hydrogen-bond acceptors (Lipinski definition) is 4. The summed E-state index contributed by atoms with van der Waals surface area (Å²) in [6, 6.07) is 16.1. The summed E-state index contributed by atoms with van der Waals surface area (Å²) >= 11 is 0. The third-order valence-electron chi connectivity index (χ3n) is 4.40. The lowest BCUT2D eigenvalue weighted by Crippen LogP contribution is -2.21. The van der Waals surface area contributed by atoms with Crippen LogP contribution in [-0.4, -0.2) is 30.2 Å². The quantitative estimate of drug-likeness (QED) is 0.668. The fraction of sp³-hybridized carbons (Fsp3) is 0.238. The van der Waals surface area contributed by atoms with Crippen molar-refractivity contribution in [1.82, 2.24) is 9.97 Å². The van der Waals surface area contributed by atoms with E-state index in [0.717, 1.165) is 35.4 Å². The summed E-state index contributed by atoms with van der Waals surface area (Å²) in [6.07, 6.45) is 1.85. The van der Waals surface area contributed by atoms with Gasteiger partial charge in [-0.25, -0.2) is 4.98 Å². The predicted octanol–water partition coefficient (Wildman–Crippen LogP) is 4.48. The molecule has 0 atom stereocenters. The van der Waals surface area contributed by atoms with Crippen molar-refractivity contribution in [1.29, 1.82) is 5.26 Å². The Morgan fingerprint density at radius 1 is 1.19 bits per heavy atom. The van der Waals surface area contributed by atoms with E-state index in [1.807, 2.05) is 36.4 Å². The number of methoxy groups -OCH3 is 1. The number of nitrogens with zero attached hydrogens (tertiary/aromatic N) is 3. The molecule has 1 heterocycles. The third kappa shape index (κ3) is 3.55. The molecule has 132 valence electrons. The maximum Gasteiger partial charge on any atom is 0.149 e. The SMILES string of the molecule is CCN(CC)c1ccc(/C=C(\C#N)c2nc3ccc(OC)cc3[nH]2)cc1. The molecule has 1 N–H and O–H groups in total. The van der Waals surface area contributed by atoms with Gasteiger partial charge in [0.1, 0.15) is 17.6 Å².